The first-order valence-electron chi connectivity index (χ1n) is 5.85. The van der Waals surface area contributed by atoms with Gasteiger partial charge in [0.25, 0.3) is 0 Å². The van der Waals surface area contributed by atoms with Crippen molar-refractivity contribution < 1.29 is 4.79 Å². The number of amides is 1. The van der Waals surface area contributed by atoms with Crippen molar-refractivity contribution >= 4 is 5.91 Å². The average Bonchev–Trinajstić information content (AvgIpc) is 2.33. The van der Waals surface area contributed by atoms with Crippen molar-refractivity contribution in [3.63, 3.8) is 0 Å². The lowest BCUT2D eigenvalue weighted by molar-refractivity contribution is -0.130. The predicted octanol–water partition coefficient (Wildman–Crippen LogP) is 2.43. The topological polar surface area (TPSA) is 32.3 Å². The van der Waals surface area contributed by atoms with Crippen LogP contribution in [0.3, 0.4) is 0 Å². The first kappa shape index (κ1) is 11.7. The smallest absolute Gasteiger partial charge is 0.230 e. The molecule has 1 aliphatic rings. The van der Waals surface area contributed by atoms with Gasteiger partial charge in [0.15, 0.2) is 0 Å². The molecule has 1 atom stereocenters. The van der Waals surface area contributed by atoms with Gasteiger partial charge < -0.3 is 10.2 Å². The van der Waals surface area contributed by atoms with Crippen LogP contribution in [0.25, 0.3) is 0 Å². The van der Waals surface area contributed by atoms with Crippen molar-refractivity contribution in [3.05, 3.63) is 47.3 Å². The summed E-state index contributed by atoms with van der Waals surface area (Å²) in [7, 11) is 1.82. The third-order valence-electron chi connectivity index (χ3n) is 3.07. The van der Waals surface area contributed by atoms with Crippen LogP contribution in [0.1, 0.15) is 31.9 Å². The van der Waals surface area contributed by atoms with Crippen molar-refractivity contribution in [3.8, 4) is 0 Å². The Balaban J connectivity index is 2.29. The van der Waals surface area contributed by atoms with Gasteiger partial charge in [-0.05, 0) is 25.0 Å². The molecule has 1 saturated heterocycles. The molecule has 0 bridgehead atoms. The van der Waals surface area contributed by atoms with Crippen molar-refractivity contribution in [2.75, 3.05) is 7.05 Å². The minimum Gasteiger partial charge on any atom is -0.364 e. The molecule has 0 aromatic heterocycles. The summed E-state index contributed by atoms with van der Waals surface area (Å²) in [5.41, 5.74) is 2.29. The number of carbonyl (C=O) groups is 1. The molecule has 1 unspecified atom stereocenters. The first-order chi connectivity index (χ1) is 8.09. The zero-order chi connectivity index (χ0) is 12.4. The molecule has 1 fully saturated rings. The number of hydrogen-bond acceptors (Lipinski definition) is 2. The van der Waals surface area contributed by atoms with Crippen LogP contribution < -0.4 is 5.32 Å². The highest BCUT2D eigenvalue weighted by molar-refractivity contribution is 5.80. The van der Waals surface area contributed by atoms with E-state index in [4.69, 9.17) is 0 Å². The molecular formula is C14H18N2O. The molecule has 0 spiro atoms. The SMILES string of the molecule is CC(C)=C1NC(c2ccccc2)CC(=O)N1C. The van der Waals surface area contributed by atoms with E-state index in [-0.39, 0.29) is 11.9 Å². The number of rotatable bonds is 1. The van der Waals surface area contributed by atoms with E-state index in [1.54, 1.807) is 4.90 Å². The molecule has 3 heteroatoms. The number of allylic oxidation sites excluding steroid dienone is 1. The van der Waals surface area contributed by atoms with E-state index < -0.39 is 0 Å². The van der Waals surface area contributed by atoms with Crippen molar-refractivity contribution in [1.29, 1.82) is 0 Å². The fraction of sp³-hybridized carbons (Fsp3) is 0.357. The van der Waals surface area contributed by atoms with Gasteiger partial charge in [-0.1, -0.05) is 30.3 Å². The number of hydrogen-bond donors (Lipinski definition) is 1. The summed E-state index contributed by atoms with van der Waals surface area (Å²) in [5, 5.41) is 3.43. The highest BCUT2D eigenvalue weighted by Gasteiger charge is 2.27. The fourth-order valence-electron chi connectivity index (χ4n) is 2.12. The molecule has 1 aromatic carbocycles. The van der Waals surface area contributed by atoms with Crippen LogP contribution in [-0.4, -0.2) is 17.9 Å². The Labute approximate surface area is 102 Å². The second-order valence-corrected chi connectivity index (χ2v) is 4.61. The second kappa shape index (κ2) is 4.62. The Morgan fingerprint density at radius 2 is 1.94 bits per heavy atom. The lowest BCUT2D eigenvalue weighted by atomic mass is 10.0. The van der Waals surface area contributed by atoms with Crippen molar-refractivity contribution in [2.24, 2.45) is 0 Å². The molecule has 90 valence electrons. The Bertz CT molecular complexity index is 447. The normalized spacial score (nSPS) is 20.2. The lowest BCUT2D eigenvalue weighted by Crippen LogP contribution is -2.43. The van der Waals surface area contributed by atoms with E-state index in [1.807, 2.05) is 39.1 Å². The van der Waals surface area contributed by atoms with E-state index in [2.05, 4.69) is 17.4 Å². The third-order valence-corrected chi connectivity index (χ3v) is 3.07. The molecule has 2 rings (SSSR count). The second-order valence-electron chi connectivity index (χ2n) is 4.61. The maximum Gasteiger partial charge on any atom is 0.230 e. The number of carbonyl (C=O) groups excluding carboxylic acids is 1. The van der Waals surface area contributed by atoms with Crippen LogP contribution in [0.4, 0.5) is 0 Å². The Hall–Kier alpha value is -1.77. The van der Waals surface area contributed by atoms with Gasteiger partial charge in [-0.3, -0.25) is 4.79 Å². The van der Waals surface area contributed by atoms with Crippen LogP contribution in [0.5, 0.6) is 0 Å². The van der Waals surface area contributed by atoms with Crippen LogP contribution in [0, 0.1) is 0 Å². The van der Waals surface area contributed by atoms with Gasteiger partial charge in [0.1, 0.15) is 5.82 Å². The highest BCUT2D eigenvalue weighted by Crippen LogP contribution is 2.25. The van der Waals surface area contributed by atoms with E-state index in [1.165, 1.54) is 0 Å². The van der Waals surface area contributed by atoms with Crippen molar-refractivity contribution in [2.45, 2.75) is 26.3 Å². The molecule has 1 aromatic rings. The number of nitrogens with zero attached hydrogens (tertiary/aromatic N) is 1. The van der Waals surface area contributed by atoms with E-state index in [0.717, 1.165) is 17.0 Å². The largest absolute Gasteiger partial charge is 0.364 e. The summed E-state index contributed by atoms with van der Waals surface area (Å²) in [6.45, 7) is 4.03. The van der Waals surface area contributed by atoms with E-state index in [0.29, 0.717) is 6.42 Å². The van der Waals surface area contributed by atoms with Gasteiger partial charge in [0.2, 0.25) is 5.91 Å². The van der Waals surface area contributed by atoms with Gasteiger partial charge in [-0.2, -0.15) is 0 Å². The minimum atomic E-state index is 0.0878. The zero-order valence-corrected chi connectivity index (χ0v) is 10.5. The molecule has 1 amide bonds. The summed E-state index contributed by atoms with van der Waals surface area (Å²) in [4.78, 5) is 13.6. The van der Waals surface area contributed by atoms with Gasteiger partial charge in [-0.25, -0.2) is 0 Å². The maximum atomic E-state index is 11.9. The zero-order valence-electron chi connectivity index (χ0n) is 10.5. The Morgan fingerprint density at radius 3 is 2.53 bits per heavy atom. The van der Waals surface area contributed by atoms with Crippen LogP contribution >= 0.6 is 0 Å². The van der Waals surface area contributed by atoms with Crippen LogP contribution in [-0.2, 0) is 4.79 Å². The quantitative estimate of drug-likeness (QED) is 0.803. The molecule has 0 radical (unpaired) electrons. The Kier molecular flexibility index (Phi) is 3.18. The van der Waals surface area contributed by atoms with Gasteiger partial charge >= 0.3 is 0 Å². The fourth-order valence-corrected chi connectivity index (χ4v) is 2.12. The number of benzene rings is 1. The molecule has 17 heavy (non-hydrogen) atoms. The van der Waals surface area contributed by atoms with E-state index >= 15 is 0 Å². The maximum absolute atomic E-state index is 11.9. The van der Waals surface area contributed by atoms with Crippen molar-refractivity contribution in [1.82, 2.24) is 10.2 Å². The van der Waals surface area contributed by atoms with Gasteiger partial charge in [0, 0.05) is 7.05 Å². The summed E-state index contributed by atoms with van der Waals surface area (Å²) in [6, 6.07) is 10.2. The lowest BCUT2D eigenvalue weighted by Gasteiger charge is -2.34. The highest BCUT2D eigenvalue weighted by atomic mass is 16.2. The minimum absolute atomic E-state index is 0.0878. The molecule has 1 aliphatic heterocycles. The molecule has 3 nitrogen and oxygen atoms in total. The average molecular weight is 230 g/mol. The molecule has 0 saturated carbocycles. The van der Waals surface area contributed by atoms with Crippen LogP contribution in [0.15, 0.2) is 41.7 Å². The van der Waals surface area contributed by atoms with Crippen LogP contribution in [0.2, 0.25) is 0 Å². The molecular weight excluding hydrogens is 212 g/mol. The molecule has 1 N–H and O–H groups in total. The predicted molar refractivity (Wildman–Crippen MR) is 68.1 cm³/mol. The summed E-state index contributed by atoms with van der Waals surface area (Å²) in [5.74, 6) is 1.09. The molecule has 1 heterocycles. The molecule has 0 aliphatic carbocycles. The standard InChI is InChI=1S/C14H18N2O/c1-10(2)14-15-12(9-13(17)16(14)3)11-7-5-4-6-8-11/h4-8,12,15H,9H2,1-3H3. The van der Waals surface area contributed by atoms with E-state index in [9.17, 15) is 4.79 Å². The van der Waals surface area contributed by atoms with Gasteiger partial charge in [-0.15, -0.1) is 0 Å². The summed E-state index contributed by atoms with van der Waals surface area (Å²) >= 11 is 0. The third kappa shape index (κ3) is 2.33. The Morgan fingerprint density at radius 1 is 1.29 bits per heavy atom. The monoisotopic (exact) mass is 230 g/mol. The first-order valence-corrected chi connectivity index (χ1v) is 5.85. The number of nitrogens with one attached hydrogen (secondary N) is 1. The summed E-state index contributed by atoms with van der Waals surface area (Å²) < 4.78 is 0. The summed E-state index contributed by atoms with van der Waals surface area (Å²) in [6.07, 6.45) is 0.511. The van der Waals surface area contributed by atoms with Gasteiger partial charge in [0.05, 0.1) is 12.5 Å².